The zero-order chi connectivity index (χ0) is 20.3. The van der Waals surface area contributed by atoms with Gasteiger partial charge >= 0.3 is 6.72 Å². The van der Waals surface area contributed by atoms with E-state index in [1.54, 1.807) is 31.2 Å². The highest BCUT2D eigenvalue weighted by Crippen LogP contribution is 2.46. The van der Waals surface area contributed by atoms with Crippen molar-refractivity contribution in [2.24, 2.45) is 0 Å². The summed E-state index contributed by atoms with van der Waals surface area (Å²) < 4.78 is 24.2. The Kier molecular flexibility index (Phi) is 14.5. The average Bonchev–Trinajstić information content (AvgIpc) is 2.39. The Morgan fingerprint density at radius 2 is 1.52 bits per heavy atom. The average molecular weight is 470 g/mol. The van der Waals surface area contributed by atoms with Gasteiger partial charge in [0.05, 0.1) is 6.61 Å². The molecule has 0 bridgehead atoms. The summed E-state index contributed by atoms with van der Waals surface area (Å²) in [5.41, 5.74) is 1.08. The number of thiol groups is 1. The van der Waals surface area contributed by atoms with E-state index < -0.39 is 19.8 Å². The highest BCUT2D eigenvalue weighted by atomic mass is 32.7. The van der Waals surface area contributed by atoms with Gasteiger partial charge in [-0.2, -0.15) is 0 Å². The van der Waals surface area contributed by atoms with E-state index in [4.69, 9.17) is 19.2 Å². The molecule has 0 aliphatic rings. The van der Waals surface area contributed by atoms with Crippen LogP contribution in [0.4, 0.5) is 0 Å². The fraction of sp³-hybridized carbons (Fsp3) is 0.500. The summed E-state index contributed by atoms with van der Waals surface area (Å²) in [6.07, 6.45) is 0. The molecule has 0 aliphatic heterocycles. The third kappa shape index (κ3) is 24.7. The maximum absolute atomic E-state index is 10.5. The summed E-state index contributed by atoms with van der Waals surface area (Å²) in [5.74, 6) is 0.383. The minimum atomic E-state index is -3.57. The van der Waals surface area contributed by atoms with Gasteiger partial charge in [-0.15, -0.1) is 0 Å². The van der Waals surface area contributed by atoms with E-state index in [0.29, 0.717) is 12.4 Å². The van der Waals surface area contributed by atoms with Crippen LogP contribution in [0.25, 0.3) is 0 Å². The van der Waals surface area contributed by atoms with Crippen molar-refractivity contribution in [1.29, 1.82) is 0 Å². The summed E-state index contributed by atoms with van der Waals surface area (Å²) in [7, 11) is 1.40. The van der Waals surface area contributed by atoms with Gasteiger partial charge in [0.1, 0.15) is 5.75 Å². The second-order valence-electron chi connectivity index (χ2n) is 4.60. The zero-order valence-electron chi connectivity index (χ0n) is 14.6. The first-order chi connectivity index (χ1) is 11.1. The minimum Gasteiger partial charge on any atom is -0.424 e. The summed E-state index contributed by atoms with van der Waals surface area (Å²) in [4.78, 5) is 26.1. The number of benzene rings is 1. The third-order valence-corrected chi connectivity index (χ3v) is 4.83. The van der Waals surface area contributed by atoms with E-state index in [-0.39, 0.29) is 0 Å². The first-order valence-electron chi connectivity index (χ1n) is 6.72. The molecule has 2 unspecified atom stereocenters. The lowest BCUT2D eigenvalue weighted by Gasteiger charge is -2.09. The van der Waals surface area contributed by atoms with Crippen molar-refractivity contribution in [2.75, 3.05) is 27.0 Å². The molecule has 13 heteroatoms. The molecule has 0 saturated heterocycles. The van der Waals surface area contributed by atoms with Gasteiger partial charge in [0.2, 0.25) is 0 Å². The van der Waals surface area contributed by atoms with Crippen molar-refractivity contribution in [2.45, 2.75) is 13.8 Å². The van der Waals surface area contributed by atoms with Crippen LogP contribution in [0, 0.1) is 6.92 Å². The molecule has 7 nitrogen and oxygen atoms in total. The van der Waals surface area contributed by atoms with Crippen molar-refractivity contribution >= 4 is 55.6 Å². The maximum Gasteiger partial charge on any atom is 0.375 e. The Morgan fingerprint density at radius 3 is 1.72 bits per heavy atom. The number of hydrogen-bond donors (Lipinski definition) is 4. The van der Waals surface area contributed by atoms with Crippen molar-refractivity contribution < 1.29 is 32.8 Å². The lowest BCUT2D eigenvalue weighted by molar-refractivity contribution is 0.350. The van der Waals surface area contributed by atoms with Crippen LogP contribution in [0.15, 0.2) is 24.3 Å². The van der Waals surface area contributed by atoms with Crippen LogP contribution in [-0.4, -0.2) is 41.7 Å². The normalized spacial score (nSPS) is 15.4. The molecule has 0 heterocycles. The van der Waals surface area contributed by atoms with Gasteiger partial charge in [0.25, 0.3) is 6.57 Å². The standard InChI is InChI=1S/C7H9O3PS.C3H9O2PS.C2H7O2PS/c1-6-2-4-7(5-3-6)10-11(8,9)12;1-3-5-6(2,4)7;1-4-5(2,3)6/h2-5H,1H3,(H2,8,9,12);3H2,1-2H3,(H,4,7);1-2H3,(H,3,6). The molecule has 148 valence electrons. The van der Waals surface area contributed by atoms with Gasteiger partial charge in [-0.05, 0) is 37.8 Å². The number of rotatable bonds is 5. The summed E-state index contributed by atoms with van der Waals surface area (Å²) in [5, 5.41) is 0. The Labute approximate surface area is 164 Å². The highest BCUT2D eigenvalue weighted by molar-refractivity contribution is 8.46. The van der Waals surface area contributed by atoms with Crippen LogP contribution in [0.3, 0.4) is 0 Å². The Balaban J connectivity index is 0. The maximum atomic E-state index is 10.5. The van der Waals surface area contributed by atoms with Gasteiger partial charge < -0.3 is 28.3 Å². The van der Waals surface area contributed by atoms with Crippen LogP contribution < -0.4 is 4.52 Å². The second kappa shape index (κ2) is 13.0. The van der Waals surface area contributed by atoms with Crippen molar-refractivity contribution in [3.63, 3.8) is 0 Å². The summed E-state index contributed by atoms with van der Waals surface area (Å²) in [6, 6.07) is 6.90. The monoisotopic (exact) mass is 470 g/mol. The van der Waals surface area contributed by atoms with Crippen LogP contribution in [0.1, 0.15) is 12.5 Å². The molecule has 0 aromatic heterocycles. The molecule has 0 spiro atoms. The van der Waals surface area contributed by atoms with Crippen molar-refractivity contribution in [3.05, 3.63) is 29.8 Å². The van der Waals surface area contributed by atoms with Gasteiger partial charge in [-0.1, -0.05) is 29.9 Å². The molecule has 1 aromatic carbocycles. The molecule has 0 radical (unpaired) electrons. The second-order valence-corrected chi connectivity index (χ2v) is 15.2. The van der Waals surface area contributed by atoms with E-state index in [1.807, 2.05) is 6.92 Å². The smallest absolute Gasteiger partial charge is 0.375 e. The van der Waals surface area contributed by atoms with Gasteiger partial charge in [0, 0.05) is 32.2 Å². The number of hydrogen-bond acceptors (Lipinski definition) is 6. The molecule has 1 aromatic rings. The van der Waals surface area contributed by atoms with E-state index >= 15 is 0 Å². The van der Waals surface area contributed by atoms with Gasteiger partial charge in [-0.3, -0.25) is 4.57 Å². The molecule has 0 aliphatic carbocycles. The van der Waals surface area contributed by atoms with E-state index in [1.165, 1.54) is 20.4 Å². The molecule has 2 atom stereocenters. The van der Waals surface area contributed by atoms with E-state index in [0.717, 1.165) is 5.56 Å². The van der Waals surface area contributed by atoms with E-state index in [9.17, 15) is 4.57 Å². The quantitative estimate of drug-likeness (QED) is 0.376. The number of aryl methyl sites for hydroxylation is 1. The fourth-order valence-corrected chi connectivity index (χ4v) is 2.46. The van der Waals surface area contributed by atoms with Crippen molar-refractivity contribution in [1.82, 2.24) is 0 Å². The molecule has 1 rings (SSSR count). The fourth-order valence-electron chi connectivity index (χ4n) is 0.976. The molecule has 0 saturated carbocycles. The van der Waals surface area contributed by atoms with E-state index in [2.05, 4.69) is 44.9 Å². The van der Waals surface area contributed by atoms with Crippen molar-refractivity contribution in [3.8, 4) is 5.75 Å². The largest absolute Gasteiger partial charge is 0.424 e. The minimum absolute atomic E-state index is 0.383. The molecular formula is C12H25O7P3S3. The Bertz CT molecular complexity index is 621. The lowest BCUT2D eigenvalue weighted by atomic mass is 10.2. The predicted molar refractivity (Wildman–Crippen MR) is 114 cm³/mol. The molecule has 3 N–H and O–H groups in total. The van der Waals surface area contributed by atoms with Crippen LogP contribution >= 0.6 is 32.0 Å². The van der Waals surface area contributed by atoms with Crippen LogP contribution in [-0.2, 0) is 37.2 Å². The first-order valence-corrected chi connectivity index (χ1v) is 15.7. The summed E-state index contributed by atoms with van der Waals surface area (Å²) in [6.45, 7) is -1.20. The highest BCUT2D eigenvalue weighted by Gasteiger charge is 2.08. The first kappa shape index (κ1) is 27.9. The van der Waals surface area contributed by atoms with Crippen LogP contribution in [0.5, 0.6) is 5.75 Å². The SMILES string of the molecule is CCOP(C)(=O)S.COP(C)(O)=S.Cc1ccc(OP(O)(O)=S)cc1. The third-order valence-electron chi connectivity index (χ3n) is 1.95. The van der Waals surface area contributed by atoms with Crippen LogP contribution in [0.2, 0.25) is 0 Å². The van der Waals surface area contributed by atoms with Gasteiger partial charge in [-0.25, -0.2) is 0 Å². The predicted octanol–water partition coefficient (Wildman–Crippen LogP) is 3.92. The summed E-state index contributed by atoms with van der Waals surface area (Å²) >= 11 is 12.4. The van der Waals surface area contributed by atoms with Gasteiger partial charge in [0.15, 0.2) is 6.49 Å². The molecule has 0 amide bonds. The molecule has 25 heavy (non-hydrogen) atoms. The lowest BCUT2D eigenvalue weighted by Crippen LogP contribution is -1.89. The Morgan fingerprint density at radius 1 is 1.12 bits per heavy atom. The Hall–Kier alpha value is 0.700. The topological polar surface area (TPSA) is 105 Å². The zero-order valence-corrected chi connectivity index (χ0v) is 19.8. The molecule has 0 fully saturated rings. The molecular weight excluding hydrogens is 445 g/mol.